The van der Waals surface area contributed by atoms with Gasteiger partial charge in [-0.15, -0.1) is 0 Å². The summed E-state index contributed by atoms with van der Waals surface area (Å²) in [6, 6.07) is 20.5. The van der Waals surface area contributed by atoms with Crippen molar-refractivity contribution < 1.29 is 9.18 Å². The van der Waals surface area contributed by atoms with E-state index in [0.717, 1.165) is 31.2 Å². The summed E-state index contributed by atoms with van der Waals surface area (Å²) in [4.78, 5) is 34.9. The van der Waals surface area contributed by atoms with Crippen LogP contribution in [0.15, 0.2) is 77.6 Å². The fraction of sp³-hybridized carbons (Fsp3) is 0.382. The van der Waals surface area contributed by atoms with Crippen LogP contribution in [0.1, 0.15) is 94.5 Å². The lowest BCUT2D eigenvalue weighted by Gasteiger charge is -2.33. The molecule has 3 aromatic carbocycles. The van der Waals surface area contributed by atoms with E-state index in [0.29, 0.717) is 40.9 Å². The van der Waals surface area contributed by atoms with Crippen LogP contribution in [-0.2, 0) is 5.41 Å². The van der Waals surface area contributed by atoms with Crippen molar-refractivity contribution in [2.45, 2.75) is 78.2 Å². The van der Waals surface area contributed by atoms with Gasteiger partial charge in [0, 0.05) is 12.1 Å². The molecule has 0 aliphatic heterocycles. The number of unbranched alkanes of at least 4 members (excludes halogenated alkanes) is 3. The van der Waals surface area contributed by atoms with Gasteiger partial charge in [-0.25, -0.2) is 9.37 Å². The van der Waals surface area contributed by atoms with Crippen molar-refractivity contribution in [3.05, 3.63) is 106 Å². The van der Waals surface area contributed by atoms with Crippen LogP contribution >= 0.6 is 0 Å². The van der Waals surface area contributed by atoms with E-state index in [1.54, 1.807) is 22.8 Å². The number of hydrogen-bond donors (Lipinski definition) is 0. The second-order valence-electron chi connectivity index (χ2n) is 11.4. The number of carbonyl (C=O) groups excluding carboxylic acids is 1. The van der Waals surface area contributed by atoms with Gasteiger partial charge >= 0.3 is 0 Å². The van der Waals surface area contributed by atoms with Gasteiger partial charge in [0.1, 0.15) is 11.6 Å². The molecule has 0 fully saturated rings. The molecular formula is C34H40FN3O2. The number of rotatable bonds is 10. The van der Waals surface area contributed by atoms with Crippen LogP contribution in [0.5, 0.6) is 0 Å². The highest BCUT2D eigenvalue weighted by atomic mass is 19.1. The number of aromatic nitrogens is 2. The molecule has 4 rings (SSSR count). The third-order valence-electron chi connectivity index (χ3n) is 7.46. The topological polar surface area (TPSA) is 55.2 Å². The number of halogens is 1. The highest BCUT2D eigenvalue weighted by molar-refractivity contribution is 5.94. The van der Waals surface area contributed by atoms with Crippen molar-refractivity contribution in [3.8, 4) is 5.69 Å². The van der Waals surface area contributed by atoms with E-state index in [2.05, 4.69) is 27.7 Å². The number of nitrogens with zero attached hydrogens (tertiary/aromatic N) is 3. The van der Waals surface area contributed by atoms with E-state index in [1.807, 2.05) is 54.3 Å². The summed E-state index contributed by atoms with van der Waals surface area (Å²) in [6.45, 7) is 11.2. The first-order valence-electron chi connectivity index (χ1n) is 14.3. The smallest absolute Gasteiger partial charge is 0.266 e. The monoisotopic (exact) mass is 541 g/mol. The molecule has 1 heterocycles. The molecule has 0 aliphatic carbocycles. The molecule has 0 radical (unpaired) electrons. The first kappa shape index (κ1) is 29.2. The zero-order valence-corrected chi connectivity index (χ0v) is 24.3. The number of amides is 1. The minimum absolute atomic E-state index is 0.0202. The molecule has 0 aliphatic rings. The van der Waals surface area contributed by atoms with Crippen molar-refractivity contribution in [3.63, 3.8) is 0 Å². The van der Waals surface area contributed by atoms with Gasteiger partial charge in [-0.05, 0) is 72.4 Å². The summed E-state index contributed by atoms with van der Waals surface area (Å²) in [5.41, 5.74) is 2.61. The summed E-state index contributed by atoms with van der Waals surface area (Å²) in [5, 5.41) is 0.476. The van der Waals surface area contributed by atoms with Crippen molar-refractivity contribution in [1.82, 2.24) is 14.5 Å². The highest BCUT2D eigenvalue weighted by Crippen LogP contribution is 2.29. The minimum Gasteiger partial charge on any atom is -0.328 e. The zero-order valence-electron chi connectivity index (χ0n) is 24.3. The Morgan fingerprint density at radius 1 is 0.925 bits per heavy atom. The fourth-order valence-electron chi connectivity index (χ4n) is 5.14. The Bertz CT molecular complexity index is 1500. The summed E-state index contributed by atoms with van der Waals surface area (Å²) >= 11 is 0. The first-order valence-corrected chi connectivity index (χ1v) is 14.3. The van der Waals surface area contributed by atoms with E-state index in [9.17, 15) is 14.0 Å². The number of benzene rings is 3. The third kappa shape index (κ3) is 6.33. The molecule has 6 heteroatoms. The van der Waals surface area contributed by atoms with Crippen LogP contribution in [0.25, 0.3) is 16.6 Å². The highest BCUT2D eigenvalue weighted by Gasteiger charge is 2.30. The average Bonchev–Trinajstić information content (AvgIpc) is 2.95. The van der Waals surface area contributed by atoms with Gasteiger partial charge in [0.2, 0.25) is 0 Å². The molecule has 1 unspecified atom stereocenters. The van der Waals surface area contributed by atoms with Gasteiger partial charge in [0.25, 0.3) is 11.5 Å². The summed E-state index contributed by atoms with van der Waals surface area (Å²) in [7, 11) is 0. The van der Waals surface area contributed by atoms with Gasteiger partial charge < -0.3 is 4.90 Å². The fourth-order valence-corrected chi connectivity index (χ4v) is 5.14. The van der Waals surface area contributed by atoms with E-state index in [4.69, 9.17) is 4.98 Å². The predicted octanol–water partition coefficient (Wildman–Crippen LogP) is 8.00. The van der Waals surface area contributed by atoms with Crippen LogP contribution in [0, 0.1) is 5.82 Å². The molecule has 210 valence electrons. The maximum atomic E-state index is 14.1. The molecule has 40 heavy (non-hydrogen) atoms. The van der Waals surface area contributed by atoms with Crippen molar-refractivity contribution in [2.75, 3.05) is 6.54 Å². The SMILES string of the molecule is CCCCCCN(C(=O)c1ccc(C(C)(C)C)cc1)C(CC)c1nc2ccccc2c(=O)n1-c1ccc(F)cc1. The normalized spacial score (nSPS) is 12.4. The first-order chi connectivity index (χ1) is 19.2. The molecule has 4 aromatic rings. The van der Waals surface area contributed by atoms with Crippen molar-refractivity contribution >= 4 is 16.8 Å². The lowest BCUT2D eigenvalue weighted by atomic mass is 9.86. The molecule has 1 aromatic heterocycles. The van der Waals surface area contributed by atoms with Crippen LogP contribution in [0.2, 0.25) is 0 Å². The lowest BCUT2D eigenvalue weighted by molar-refractivity contribution is 0.0654. The Labute approximate surface area is 236 Å². The van der Waals surface area contributed by atoms with Gasteiger partial charge in [-0.1, -0.05) is 78.1 Å². The van der Waals surface area contributed by atoms with E-state index in [1.165, 1.54) is 12.1 Å². The van der Waals surface area contributed by atoms with Gasteiger partial charge in [0.15, 0.2) is 0 Å². The molecule has 5 nitrogen and oxygen atoms in total. The largest absolute Gasteiger partial charge is 0.328 e. The van der Waals surface area contributed by atoms with Crippen LogP contribution in [0.3, 0.4) is 0 Å². The van der Waals surface area contributed by atoms with Gasteiger partial charge in [-0.3, -0.25) is 14.2 Å². The van der Waals surface area contributed by atoms with Crippen LogP contribution < -0.4 is 5.56 Å². The minimum atomic E-state index is -0.459. The maximum Gasteiger partial charge on any atom is 0.266 e. The second-order valence-corrected chi connectivity index (χ2v) is 11.4. The Hall–Kier alpha value is -3.80. The molecule has 1 atom stereocenters. The van der Waals surface area contributed by atoms with E-state index < -0.39 is 6.04 Å². The van der Waals surface area contributed by atoms with Crippen molar-refractivity contribution in [2.24, 2.45) is 0 Å². The Kier molecular flexibility index (Phi) is 9.18. The molecule has 0 saturated carbocycles. The Morgan fingerprint density at radius 3 is 2.23 bits per heavy atom. The summed E-state index contributed by atoms with van der Waals surface area (Å²) in [5.74, 6) is 0.00963. The van der Waals surface area contributed by atoms with Crippen LogP contribution in [0.4, 0.5) is 4.39 Å². The zero-order chi connectivity index (χ0) is 28.9. The molecular weight excluding hydrogens is 501 g/mol. The molecule has 1 amide bonds. The van der Waals surface area contributed by atoms with Gasteiger partial charge in [-0.2, -0.15) is 0 Å². The Morgan fingerprint density at radius 2 is 1.60 bits per heavy atom. The maximum absolute atomic E-state index is 14.1. The number of para-hydroxylation sites is 1. The summed E-state index contributed by atoms with van der Waals surface area (Å²) < 4.78 is 15.4. The molecule has 0 bridgehead atoms. The standard InChI is InChI=1S/C34H40FN3O2/c1-6-8-9-12-23-37(32(39)24-15-17-25(18-16-24)34(3,4)5)30(7-2)31-36-29-14-11-10-13-28(29)33(40)38(31)27-21-19-26(35)20-22-27/h10-11,13-22,30H,6-9,12,23H2,1-5H3. The predicted molar refractivity (Wildman–Crippen MR) is 161 cm³/mol. The van der Waals surface area contributed by atoms with E-state index >= 15 is 0 Å². The average molecular weight is 542 g/mol. The molecule has 0 N–H and O–H groups in total. The number of fused-ring (bicyclic) bond motifs is 1. The van der Waals surface area contributed by atoms with E-state index in [-0.39, 0.29) is 22.7 Å². The Balaban J connectivity index is 1.86. The summed E-state index contributed by atoms with van der Waals surface area (Å²) in [6.07, 6.45) is 4.61. The number of carbonyl (C=O) groups is 1. The second kappa shape index (κ2) is 12.6. The van der Waals surface area contributed by atoms with Crippen molar-refractivity contribution in [1.29, 1.82) is 0 Å². The lowest BCUT2D eigenvalue weighted by Crippen LogP contribution is -2.39. The van der Waals surface area contributed by atoms with Crippen LogP contribution in [-0.4, -0.2) is 26.9 Å². The molecule has 0 spiro atoms. The quantitative estimate of drug-likeness (QED) is 0.191. The van der Waals surface area contributed by atoms with Gasteiger partial charge in [0.05, 0.1) is 22.6 Å². The molecule has 0 saturated heterocycles. The number of hydrogen-bond acceptors (Lipinski definition) is 3. The third-order valence-corrected chi connectivity index (χ3v) is 7.46.